The van der Waals surface area contributed by atoms with E-state index >= 15 is 0 Å². The molecular formula is C9H14N4O3S. The quantitative estimate of drug-likeness (QED) is 0.746. The normalized spacial score (nSPS) is 19.3. The molecule has 0 aliphatic carbocycles. The fourth-order valence-corrected chi connectivity index (χ4v) is 3.27. The van der Waals surface area contributed by atoms with Gasteiger partial charge in [0.1, 0.15) is 0 Å². The molecule has 3 N–H and O–H groups in total. The summed E-state index contributed by atoms with van der Waals surface area (Å²) in [6.07, 6.45) is 3.55. The van der Waals surface area contributed by atoms with E-state index in [2.05, 4.69) is 9.97 Å². The van der Waals surface area contributed by atoms with Gasteiger partial charge in [-0.3, -0.25) is 4.79 Å². The molecule has 0 spiro atoms. The van der Waals surface area contributed by atoms with Gasteiger partial charge in [0.25, 0.3) is 10.0 Å². The van der Waals surface area contributed by atoms with Gasteiger partial charge in [-0.15, -0.1) is 0 Å². The number of aromatic amines is 1. The predicted molar refractivity (Wildman–Crippen MR) is 59.3 cm³/mol. The van der Waals surface area contributed by atoms with Crippen LogP contribution in [-0.2, 0) is 14.8 Å². The van der Waals surface area contributed by atoms with Gasteiger partial charge in [0.05, 0.1) is 12.5 Å². The largest absolute Gasteiger partial charge is 0.369 e. The number of sulfonamides is 1. The van der Waals surface area contributed by atoms with Crippen molar-refractivity contribution in [2.45, 2.75) is 17.9 Å². The monoisotopic (exact) mass is 258 g/mol. The Hall–Kier alpha value is -1.41. The van der Waals surface area contributed by atoms with Crippen molar-refractivity contribution >= 4 is 15.9 Å². The SMILES string of the molecule is NC(=O)C1CCN(S(=O)(=O)c2cnc[nH]2)CC1. The molecule has 0 saturated carbocycles. The number of nitrogens with two attached hydrogens (primary N) is 1. The summed E-state index contributed by atoms with van der Waals surface area (Å²) in [6.45, 7) is 0.629. The number of H-pyrrole nitrogens is 1. The molecule has 2 rings (SSSR count). The summed E-state index contributed by atoms with van der Waals surface area (Å²) in [5.41, 5.74) is 5.19. The van der Waals surface area contributed by atoms with Crippen molar-refractivity contribution in [1.29, 1.82) is 0 Å². The van der Waals surface area contributed by atoms with Gasteiger partial charge in [-0.2, -0.15) is 4.31 Å². The molecule has 1 aliphatic rings. The number of hydrogen-bond acceptors (Lipinski definition) is 4. The molecule has 94 valence electrons. The Morgan fingerprint density at radius 3 is 2.59 bits per heavy atom. The van der Waals surface area contributed by atoms with Crippen LogP contribution in [0.4, 0.5) is 0 Å². The maximum absolute atomic E-state index is 12.1. The second-order valence-electron chi connectivity index (χ2n) is 4.00. The molecule has 1 fully saturated rings. The first kappa shape index (κ1) is 12.1. The van der Waals surface area contributed by atoms with E-state index in [1.54, 1.807) is 0 Å². The molecule has 1 amide bonds. The van der Waals surface area contributed by atoms with E-state index in [0.29, 0.717) is 25.9 Å². The van der Waals surface area contributed by atoms with Gasteiger partial charge in [-0.1, -0.05) is 0 Å². The van der Waals surface area contributed by atoms with Crippen LogP contribution in [0.2, 0.25) is 0 Å². The zero-order valence-corrected chi connectivity index (χ0v) is 9.98. The van der Waals surface area contributed by atoms with Crippen molar-refractivity contribution in [3.8, 4) is 0 Å². The van der Waals surface area contributed by atoms with Crippen molar-refractivity contribution in [2.75, 3.05) is 13.1 Å². The summed E-state index contributed by atoms with van der Waals surface area (Å²) in [4.78, 5) is 17.2. The molecule has 0 atom stereocenters. The second kappa shape index (κ2) is 4.46. The Balaban J connectivity index is 2.09. The van der Waals surface area contributed by atoms with Gasteiger partial charge in [-0.25, -0.2) is 13.4 Å². The molecule has 1 aromatic rings. The van der Waals surface area contributed by atoms with Crippen LogP contribution < -0.4 is 5.73 Å². The molecule has 0 unspecified atom stereocenters. The highest BCUT2D eigenvalue weighted by molar-refractivity contribution is 7.89. The summed E-state index contributed by atoms with van der Waals surface area (Å²) < 4.78 is 25.5. The highest BCUT2D eigenvalue weighted by Gasteiger charge is 2.31. The Labute approximate surface area is 99.1 Å². The van der Waals surface area contributed by atoms with E-state index in [1.165, 1.54) is 16.8 Å². The van der Waals surface area contributed by atoms with E-state index in [-0.39, 0.29) is 16.9 Å². The van der Waals surface area contributed by atoms with Crippen molar-refractivity contribution in [2.24, 2.45) is 11.7 Å². The first-order valence-electron chi connectivity index (χ1n) is 5.29. The molecule has 2 heterocycles. The van der Waals surface area contributed by atoms with E-state index in [4.69, 9.17) is 5.73 Å². The van der Waals surface area contributed by atoms with Crippen molar-refractivity contribution in [3.63, 3.8) is 0 Å². The molecule has 1 aliphatic heterocycles. The molecule has 8 heteroatoms. The summed E-state index contributed by atoms with van der Waals surface area (Å²) >= 11 is 0. The zero-order chi connectivity index (χ0) is 12.5. The fourth-order valence-electron chi connectivity index (χ4n) is 1.90. The molecule has 17 heavy (non-hydrogen) atoms. The summed E-state index contributed by atoms with van der Waals surface area (Å²) in [5.74, 6) is -0.577. The lowest BCUT2D eigenvalue weighted by atomic mass is 9.98. The minimum atomic E-state index is -3.50. The highest BCUT2D eigenvalue weighted by Crippen LogP contribution is 2.22. The molecular weight excluding hydrogens is 244 g/mol. The molecule has 7 nitrogen and oxygen atoms in total. The number of hydrogen-bond donors (Lipinski definition) is 2. The number of nitrogens with zero attached hydrogens (tertiary/aromatic N) is 2. The van der Waals surface area contributed by atoms with Crippen LogP contribution in [0.3, 0.4) is 0 Å². The van der Waals surface area contributed by atoms with E-state index in [9.17, 15) is 13.2 Å². The fraction of sp³-hybridized carbons (Fsp3) is 0.556. The van der Waals surface area contributed by atoms with Crippen LogP contribution in [0.15, 0.2) is 17.6 Å². The third-order valence-corrected chi connectivity index (χ3v) is 4.77. The van der Waals surface area contributed by atoms with E-state index in [0.717, 1.165) is 0 Å². The lowest BCUT2D eigenvalue weighted by Gasteiger charge is -2.29. The van der Waals surface area contributed by atoms with Crippen LogP contribution in [0, 0.1) is 5.92 Å². The second-order valence-corrected chi connectivity index (χ2v) is 5.90. The Kier molecular flexibility index (Phi) is 3.16. The van der Waals surface area contributed by atoms with Gasteiger partial charge < -0.3 is 10.7 Å². The van der Waals surface area contributed by atoms with E-state index < -0.39 is 10.0 Å². The average Bonchev–Trinajstić information content (AvgIpc) is 2.83. The third kappa shape index (κ3) is 2.32. The zero-order valence-electron chi connectivity index (χ0n) is 9.17. The lowest BCUT2D eigenvalue weighted by molar-refractivity contribution is -0.122. The number of nitrogens with one attached hydrogen (secondary N) is 1. The molecule has 0 bridgehead atoms. The van der Waals surface area contributed by atoms with Gasteiger partial charge in [0.2, 0.25) is 5.91 Å². The van der Waals surface area contributed by atoms with Crippen LogP contribution in [0.25, 0.3) is 0 Å². The Bertz CT molecular complexity index is 488. The van der Waals surface area contributed by atoms with Gasteiger partial charge in [-0.05, 0) is 12.8 Å². The minimum absolute atomic E-state index is 0.0787. The minimum Gasteiger partial charge on any atom is -0.369 e. The standard InChI is InChI=1S/C9H14N4O3S/c10-9(14)7-1-3-13(4-2-7)17(15,16)8-5-11-6-12-8/h5-7H,1-4H2,(H2,10,14)(H,11,12). The molecule has 0 aromatic carbocycles. The van der Waals surface area contributed by atoms with Crippen molar-refractivity contribution in [1.82, 2.24) is 14.3 Å². The Morgan fingerprint density at radius 2 is 2.12 bits per heavy atom. The van der Waals surface area contributed by atoms with Gasteiger partial charge >= 0.3 is 0 Å². The summed E-state index contributed by atoms with van der Waals surface area (Å²) in [6, 6.07) is 0. The average molecular weight is 258 g/mol. The number of primary amides is 1. The number of carbonyl (C=O) groups is 1. The van der Waals surface area contributed by atoms with Gasteiger partial charge in [0.15, 0.2) is 5.03 Å². The van der Waals surface area contributed by atoms with E-state index in [1.807, 2.05) is 0 Å². The molecule has 1 saturated heterocycles. The number of aromatic nitrogens is 2. The molecule has 1 aromatic heterocycles. The predicted octanol–water partition coefficient (Wildman–Crippen LogP) is -0.704. The maximum atomic E-state index is 12.1. The number of piperidine rings is 1. The van der Waals surface area contributed by atoms with Crippen LogP contribution in [0.5, 0.6) is 0 Å². The number of carbonyl (C=O) groups excluding carboxylic acids is 1. The lowest BCUT2D eigenvalue weighted by Crippen LogP contribution is -2.41. The summed E-state index contributed by atoms with van der Waals surface area (Å²) in [5, 5.41) is 0.0787. The Morgan fingerprint density at radius 1 is 1.47 bits per heavy atom. The number of rotatable bonds is 3. The van der Waals surface area contributed by atoms with Crippen LogP contribution in [0.1, 0.15) is 12.8 Å². The van der Waals surface area contributed by atoms with Gasteiger partial charge in [0, 0.05) is 19.0 Å². The maximum Gasteiger partial charge on any atom is 0.260 e. The number of imidazole rings is 1. The first-order chi connectivity index (χ1) is 8.01. The first-order valence-corrected chi connectivity index (χ1v) is 6.73. The summed E-state index contributed by atoms with van der Waals surface area (Å²) in [7, 11) is -3.50. The van der Waals surface area contributed by atoms with Crippen molar-refractivity contribution in [3.05, 3.63) is 12.5 Å². The van der Waals surface area contributed by atoms with Crippen LogP contribution in [-0.4, -0.2) is 41.7 Å². The van der Waals surface area contributed by atoms with Crippen molar-refractivity contribution < 1.29 is 13.2 Å². The molecule has 0 radical (unpaired) electrons. The van der Waals surface area contributed by atoms with Crippen LogP contribution >= 0.6 is 0 Å². The number of amides is 1. The third-order valence-electron chi connectivity index (χ3n) is 2.95. The smallest absolute Gasteiger partial charge is 0.260 e. The topological polar surface area (TPSA) is 109 Å². The highest BCUT2D eigenvalue weighted by atomic mass is 32.2.